The lowest BCUT2D eigenvalue weighted by molar-refractivity contribution is -0.134. The molecule has 138 valence electrons. The molecule has 1 aromatic carbocycles. The normalized spacial score (nSPS) is 17.7. The summed E-state index contributed by atoms with van der Waals surface area (Å²) in [6.07, 6.45) is 1.80. The molecule has 8 nitrogen and oxygen atoms in total. The number of aromatic nitrogens is 3. The van der Waals surface area contributed by atoms with Crippen LogP contribution in [-0.4, -0.2) is 63.6 Å². The Labute approximate surface area is 156 Å². The number of nitrogens with one attached hydrogen (secondary N) is 3. The zero-order valence-electron chi connectivity index (χ0n) is 14.4. The van der Waals surface area contributed by atoms with Gasteiger partial charge in [-0.1, -0.05) is 30.3 Å². The minimum atomic E-state index is -0.438. The van der Waals surface area contributed by atoms with Crippen molar-refractivity contribution in [2.45, 2.75) is 24.0 Å². The van der Waals surface area contributed by atoms with Crippen molar-refractivity contribution in [1.82, 2.24) is 30.9 Å². The summed E-state index contributed by atoms with van der Waals surface area (Å²) in [6, 6.07) is 9.55. The van der Waals surface area contributed by atoms with Gasteiger partial charge < -0.3 is 10.6 Å². The maximum Gasteiger partial charge on any atom is 0.237 e. The van der Waals surface area contributed by atoms with Gasteiger partial charge in [0.1, 0.15) is 5.03 Å². The lowest BCUT2D eigenvalue weighted by Gasteiger charge is -2.34. The molecule has 3 rings (SSSR count). The molecule has 1 fully saturated rings. The highest BCUT2D eigenvalue weighted by atomic mass is 32.2. The van der Waals surface area contributed by atoms with Crippen LogP contribution < -0.4 is 10.6 Å². The van der Waals surface area contributed by atoms with E-state index in [2.05, 4.69) is 30.9 Å². The zero-order valence-corrected chi connectivity index (χ0v) is 15.2. The first-order valence-electron chi connectivity index (χ1n) is 8.53. The molecule has 2 heterocycles. The SMILES string of the molecule is O=C(CC1C(=O)NCCN1Cc1ccccc1)NCCSc1cn[nH]n1. The molecule has 1 aliphatic heterocycles. The summed E-state index contributed by atoms with van der Waals surface area (Å²) in [5, 5.41) is 16.7. The number of amides is 2. The molecule has 2 aromatic rings. The van der Waals surface area contributed by atoms with Gasteiger partial charge in [-0.25, -0.2) is 0 Å². The third-order valence-corrected chi connectivity index (χ3v) is 5.02. The first-order chi connectivity index (χ1) is 12.7. The van der Waals surface area contributed by atoms with Crippen LogP contribution in [-0.2, 0) is 16.1 Å². The van der Waals surface area contributed by atoms with E-state index in [1.807, 2.05) is 30.3 Å². The van der Waals surface area contributed by atoms with E-state index in [1.165, 1.54) is 11.8 Å². The molecule has 2 amide bonds. The van der Waals surface area contributed by atoms with Crippen LogP contribution in [0.3, 0.4) is 0 Å². The number of carbonyl (C=O) groups is 2. The molecule has 0 saturated carbocycles. The van der Waals surface area contributed by atoms with Crippen LogP contribution in [0.25, 0.3) is 0 Å². The second kappa shape index (κ2) is 9.35. The maximum atomic E-state index is 12.3. The molecule has 9 heteroatoms. The fourth-order valence-corrected chi connectivity index (χ4v) is 3.49. The smallest absolute Gasteiger partial charge is 0.237 e. The van der Waals surface area contributed by atoms with Gasteiger partial charge in [0.15, 0.2) is 0 Å². The number of carbonyl (C=O) groups excluding carboxylic acids is 2. The molecular weight excluding hydrogens is 352 g/mol. The molecule has 1 saturated heterocycles. The fraction of sp³-hybridized carbons (Fsp3) is 0.412. The maximum absolute atomic E-state index is 12.3. The van der Waals surface area contributed by atoms with E-state index in [0.717, 1.165) is 17.1 Å². The predicted octanol–water partition coefficient (Wildman–Crippen LogP) is 0.404. The lowest BCUT2D eigenvalue weighted by atomic mass is 10.1. The van der Waals surface area contributed by atoms with Crippen molar-refractivity contribution in [2.24, 2.45) is 0 Å². The minimum Gasteiger partial charge on any atom is -0.355 e. The van der Waals surface area contributed by atoms with Crippen LogP contribution in [0.5, 0.6) is 0 Å². The summed E-state index contributed by atoms with van der Waals surface area (Å²) < 4.78 is 0. The Morgan fingerprint density at radius 1 is 1.35 bits per heavy atom. The minimum absolute atomic E-state index is 0.0840. The number of nitrogens with zero attached hydrogens (tertiary/aromatic N) is 3. The van der Waals surface area contributed by atoms with Gasteiger partial charge in [-0.3, -0.25) is 14.5 Å². The average Bonchev–Trinajstić information content (AvgIpc) is 3.16. The van der Waals surface area contributed by atoms with Gasteiger partial charge in [0.25, 0.3) is 0 Å². The number of piperazine rings is 1. The van der Waals surface area contributed by atoms with Crippen molar-refractivity contribution in [2.75, 3.05) is 25.4 Å². The van der Waals surface area contributed by atoms with Crippen LogP contribution in [0.1, 0.15) is 12.0 Å². The second-order valence-electron chi connectivity index (χ2n) is 5.97. The zero-order chi connectivity index (χ0) is 18.2. The van der Waals surface area contributed by atoms with Gasteiger partial charge in [0.05, 0.1) is 18.7 Å². The highest BCUT2D eigenvalue weighted by Crippen LogP contribution is 2.14. The Hall–Kier alpha value is -2.39. The van der Waals surface area contributed by atoms with Crippen molar-refractivity contribution in [3.05, 3.63) is 42.1 Å². The fourth-order valence-electron chi connectivity index (χ4n) is 2.85. The molecular formula is C17H22N6O2S. The van der Waals surface area contributed by atoms with Crippen LogP contribution in [0.2, 0.25) is 0 Å². The first kappa shape index (κ1) is 18.4. The summed E-state index contributed by atoms with van der Waals surface area (Å²) in [4.78, 5) is 26.6. The molecule has 0 bridgehead atoms. The van der Waals surface area contributed by atoms with Crippen molar-refractivity contribution < 1.29 is 9.59 Å². The third kappa shape index (κ3) is 5.30. The third-order valence-electron chi connectivity index (χ3n) is 4.12. The largest absolute Gasteiger partial charge is 0.355 e. The first-order valence-corrected chi connectivity index (χ1v) is 9.52. The molecule has 0 radical (unpaired) electrons. The van der Waals surface area contributed by atoms with E-state index in [4.69, 9.17) is 0 Å². The van der Waals surface area contributed by atoms with E-state index in [-0.39, 0.29) is 18.2 Å². The highest BCUT2D eigenvalue weighted by molar-refractivity contribution is 7.99. The number of rotatable bonds is 8. The van der Waals surface area contributed by atoms with E-state index >= 15 is 0 Å². The topological polar surface area (TPSA) is 103 Å². The summed E-state index contributed by atoms with van der Waals surface area (Å²) in [6.45, 7) is 2.52. The van der Waals surface area contributed by atoms with Crippen LogP contribution in [0.15, 0.2) is 41.6 Å². The highest BCUT2D eigenvalue weighted by Gasteiger charge is 2.31. The molecule has 26 heavy (non-hydrogen) atoms. The Kier molecular flexibility index (Phi) is 6.62. The Balaban J connectivity index is 1.48. The van der Waals surface area contributed by atoms with Crippen molar-refractivity contribution >= 4 is 23.6 Å². The van der Waals surface area contributed by atoms with Gasteiger partial charge >= 0.3 is 0 Å². The standard InChI is InChI=1S/C17H22N6O2S/c24-15(18-7-9-26-16-11-20-22-21-16)10-14-17(25)19-6-8-23(14)12-13-4-2-1-3-5-13/h1-5,11,14H,6-10,12H2,(H,18,24)(H,19,25)(H,20,21,22). The van der Waals surface area contributed by atoms with Crippen LogP contribution in [0, 0.1) is 0 Å². The van der Waals surface area contributed by atoms with Gasteiger partial charge in [-0.05, 0) is 5.56 Å². The molecule has 1 aromatic heterocycles. The number of hydrogen-bond acceptors (Lipinski definition) is 6. The summed E-state index contributed by atoms with van der Waals surface area (Å²) in [7, 11) is 0. The average molecular weight is 374 g/mol. The van der Waals surface area contributed by atoms with Crippen LogP contribution >= 0.6 is 11.8 Å². The number of hydrogen-bond donors (Lipinski definition) is 3. The molecule has 3 N–H and O–H groups in total. The summed E-state index contributed by atoms with van der Waals surface area (Å²) in [5.41, 5.74) is 1.14. The number of H-pyrrole nitrogens is 1. The van der Waals surface area contributed by atoms with Gasteiger partial charge in [0, 0.05) is 31.9 Å². The van der Waals surface area contributed by atoms with Crippen LogP contribution in [0.4, 0.5) is 0 Å². The quantitative estimate of drug-likeness (QED) is 0.457. The number of aromatic amines is 1. The van der Waals surface area contributed by atoms with Crippen molar-refractivity contribution in [3.63, 3.8) is 0 Å². The van der Waals surface area contributed by atoms with Gasteiger partial charge in [0.2, 0.25) is 11.8 Å². The van der Waals surface area contributed by atoms with Crippen molar-refractivity contribution in [3.8, 4) is 0 Å². The van der Waals surface area contributed by atoms with E-state index in [1.54, 1.807) is 6.20 Å². The monoisotopic (exact) mass is 374 g/mol. The van der Waals surface area contributed by atoms with E-state index in [0.29, 0.717) is 25.4 Å². The molecule has 0 aliphatic carbocycles. The summed E-state index contributed by atoms with van der Waals surface area (Å²) >= 11 is 1.51. The Morgan fingerprint density at radius 2 is 2.19 bits per heavy atom. The lowest BCUT2D eigenvalue weighted by Crippen LogP contribution is -2.56. The predicted molar refractivity (Wildman–Crippen MR) is 98.4 cm³/mol. The Bertz CT molecular complexity index is 709. The van der Waals surface area contributed by atoms with E-state index < -0.39 is 6.04 Å². The molecule has 1 unspecified atom stereocenters. The van der Waals surface area contributed by atoms with Crippen molar-refractivity contribution in [1.29, 1.82) is 0 Å². The Morgan fingerprint density at radius 3 is 2.96 bits per heavy atom. The molecule has 1 aliphatic rings. The number of thioether (sulfide) groups is 1. The summed E-state index contributed by atoms with van der Waals surface area (Å²) in [5.74, 6) is 0.494. The molecule has 0 spiro atoms. The van der Waals surface area contributed by atoms with Gasteiger partial charge in [-0.15, -0.1) is 16.9 Å². The van der Waals surface area contributed by atoms with Gasteiger partial charge in [-0.2, -0.15) is 10.3 Å². The second-order valence-corrected chi connectivity index (χ2v) is 7.09. The number of benzene rings is 1. The molecule has 1 atom stereocenters. The van der Waals surface area contributed by atoms with E-state index in [9.17, 15) is 9.59 Å².